The van der Waals surface area contributed by atoms with Crippen LogP contribution < -0.4 is 10.5 Å². The van der Waals surface area contributed by atoms with E-state index in [1.165, 1.54) is 30.5 Å². The molecule has 0 amide bonds. The number of pyridine rings is 1. The predicted molar refractivity (Wildman–Crippen MR) is 73.6 cm³/mol. The molecule has 0 bridgehead atoms. The lowest BCUT2D eigenvalue weighted by molar-refractivity contribution is 0.598. The van der Waals surface area contributed by atoms with Crippen molar-refractivity contribution < 1.29 is 12.8 Å². The standard InChI is InChI=1S/C11H9BrFN3O2S/c12-7-1-2-9(13)10(5-7)16-19(17,18)8-3-4-15-11(14)6-8/h1-6,16H,(H2,14,15). The SMILES string of the molecule is Nc1cc(S(=O)(=O)Nc2cc(Br)ccc2F)ccn1. The summed E-state index contributed by atoms with van der Waals surface area (Å²) < 4.78 is 40.3. The van der Waals surface area contributed by atoms with E-state index in [1.54, 1.807) is 0 Å². The van der Waals surface area contributed by atoms with Crippen LogP contribution >= 0.6 is 15.9 Å². The Morgan fingerprint density at radius 2 is 2.00 bits per heavy atom. The second-order valence-electron chi connectivity index (χ2n) is 3.65. The number of nitrogen functional groups attached to an aromatic ring is 1. The number of sulfonamides is 1. The number of hydrogen-bond donors (Lipinski definition) is 2. The zero-order valence-corrected chi connectivity index (χ0v) is 11.9. The average molecular weight is 346 g/mol. The Kier molecular flexibility index (Phi) is 3.72. The fraction of sp³-hybridized carbons (Fsp3) is 0. The van der Waals surface area contributed by atoms with Crippen LogP contribution in [0, 0.1) is 5.82 Å². The van der Waals surface area contributed by atoms with Crippen molar-refractivity contribution in [3.63, 3.8) is 0 Å². The highest BCUT2D eigenvalue weighted by molar-refractivity contribution is 9.10. The summed E-state index contributed by atoms with van der Waals surface area (Å²) in [4.78, 5) is 3.61. The van der Waals surface area contributed by atoms with Gasteiger partial charge < -0.3 is 5.73 Å². The second kappa shape index (κ2) is 5.14. The average Bonchev–Trinajstić information content (AvgIpc) is 2.33. The molecule has 1 aromatic heterocycles. The van der Waals surface area contributed by atoms with Crippen LogP contribution in [0.3, 0.4) is 0 Å². The van der Waals surface area contributed by atoms with Crippen LogP contribution in [-0.4, -0.2) is 13.4 Å². The molecule has 1 heterocycles. The first kappa shape index (κ1) is 13.8. The van der Waals surface area contributed by atoms with Crippen LogP contribution in [0.2, 0.25) is 0 Å². The zero-order chi connectivity index (χ0) is 14.0. The Bertz CT molecular complexity index is 722. The molecule has 0 radical (unpaired) electrons. The van der Waals surface area contributed by atoms with Gasteiger partial charge in [-0.3, -0.25) is 4.72 Å². The van der Waals surface area contributed by atoms with E-state index in [2.05, 4.69) is 25.6 Å². The molecule has 0 fully saturated rings. The molecule has 0 aliphatic heterocycles. The smallest absolute Gasteiger partial charge is 0.262 e. The van der Waals surface area contributed by atoms with Crippen molar-refractivity contribution in [2.24, 2.45) is 0 Å². The van der Waals surface area contributed by atoms with Crippen molar-refractivity contribution in [2.75, 3.05) is 10.5 Å². The maximum atomic E-state index is 13.5. The van der Waals surface area contributed by atoms with Crippen LogP contribution in [0.4, 0.5) is 15.9 Å². The van der Waals surface area contributed by atoms with Gasteiger partial charge >= 0.3 is 0 Å². The van der Waals surface area contributed by atoms with Crippen LogP contribution in [-0.2, 0) is 10.0 Å². The molecular formula is C11H9BrFN3O2S. The molecule has 2 rings (SSSR count). The highest BCUT2D eigenvalue weighted by Crippen LogP contribution is 2.23. The molecule has 0 spiro atoms. The van der Waals surface area contributed by atoms with Crippen LogP contribution in [0.25, 0.3) is 0 Å². The number of nitrogens with one attached hydrogen (secondary N) is 1. The minimum atomic E-state index is -3.91. The van der Waals surface area contributed by atoms with Gasteiger partial charge in [0, 0.05) is 16.7 Å². The van der Waals surface area contributed by atoms with Gasteiger partial charge in [0.1, 0.15) is 11.6 Å². The minimum absolute atomic E-state index is 0.0672. The van der Waals surface area contributed by atoms with Crippen molar-refractivity contribution in [1.29, 1.82) is 0 Å². The van der Waals surface area contributed by atoms with Gasteiger partial charge in [0.15, 0.2) is 0 Å². The first-order valence-electron chi connectivity index (χ1n) is 5.08. The fourth-order valence-electron chi connectivity index (χ4n) is 1.37. The molecule has 0 atom stereocenters. The summed E-state index contributed by atoms with van der Waals surface area (Å²) in [6, 6.07) is 6.42. The summed E-state index contributed by atoms with van der Waals surface area (Å²) in [5.74, 6) is -0.605. The molecule has 100 valence electrons. The Balaban J connectivity index is 2.39. The summed E-state index contributed by atoms with van der Waals surface area (Å²) in [5.41, 5.74) is 5.27. The molecule has 5 nitrogen and oxygen atoms in total. The Morgan fingerprint density at radius 1 is 1.26 bits per heavy atom. The molecule has 3 N–H and O–H groups in total. The van der Waals surface area contributed by atoms with E-state index < -0.39 is 15.8 Å². The fourth-order valence-corrected chi connectivity index (χ4v) is 2.82. The van der Waals surface area contributed by atoms with E-state index in [0.717, 1.165) is 6.07 Å². The first-order valence-corrected chi connectivity index (χ1v) is 7.35. The van der Waals surface area contributed by atoms with Gasteiger partial charge in [-0.25, -0.2) is 17.8 Å². The summed E-state index contributed by atoms with van der Waals surface area (Å²) >= 11 is 3.14. The number of benzene rings is 1. The number of nitrogens with zero attached hydrogens (tertiary/aromatic N) is 1. The van der Waals surface area contributed by atoms with Crippen molar-refractivity contribution in [3.05, 3.63) is 46.8 Å². The first-order chi connectivity index (χ1) is 8.88. The van der Waals surface area contributed by atoms with Crippen molar-refractivity contribution in [2.45, 2.75) is 4.90 Å². The summed E-state index contributed by atoms with van der Waals surface area (Å²) in [6.07, 6.45) is 1.27. The van der Waals surface area contributed by atoms with E-state index in [9.17, 15) is 12.8 Å². The molecule has 0 aliphatic rings. The molecule has 19 heavy (non-hydrogen) atoms. The van der Waals surface area contributed by atoms with Crippen molar-refractivity contribution >= 4 is 37.5 Å². The van der Waals surface area contributed by atoms with E-state index in [-0.39, 0.29) is 16.4 Å². The molecular weight excluding hydrogens is 337 g/mol. The Morgan fingerprint density at radius 3 is 2.68 bits per heavy atom. The van der Waals surface area contributed by atoms with Crippen LogP contribution in [0.15, 0.2) is 45.9 Å². The normalized spacial score (nSPS) is 11.3. The monoisotopic (exact) mass is 345 g/mol. The van der Waals surface area contributed by atoms with E-state index in [1.807, 2.05) is 0 Å². The molecule has 0 saturated heterocycles. The highest BCUT2D eigenvalue weighted by Gasteiger charge is 2.16. The van der Waals surface area contributed by atoms with Crippen molar-refractivity contribution in [3.8, 4) is 0 Å². The van der Waals surface area contributed by atoms with Crippen molar-refractivity contribution in [1.82, 2.24) is 4.98 Å². The number of hydrogen-bond acceptors (Lipinski definition) is 4. The molecule has 1 aromatic carbocycles. The Labute approximate surface area is 117 Å². The van der Waals surface area contributed by atoms with Gasteiger partial charge in [0.25, 0.3) is 10.0 Å². The van der Waals surface area contributed by atoms with E-state index >= 15 is 0 Å². The largest absolute Gasteiger partial charge is 0.384 e. The lowest BCUT2D eigenvalue weighted by atomic mass is 10.3. The van der Waals surface area contributed by atoms with Gasteiger partial charge in [0.2, 0.25) is 0 Å². The molecule has 8 heteroatoms. The summed E-state index contributed by atoms with van der Waals surface area (Å²) in [6.45, 7) is 0. The van der Waals surface area contributed by atoms with Gasteiger partial charge in [-0.15, -0.1) is 0 Å². The quantitative estimate of drug-likeness (QED) is 0.894. The number of rotatable bonds is 3. The number of nitrogens with two attached hydrogens (primary N) is 1. The maximum Gasteiger partial charge on any atom is 0.262 e. The number of aromatic nitrogens is 1. The minimum Gasteiger partial charge on any atom is -0.384 e. The van der Waals surface area contributed by atoms with Gasteiger partial charge in [0.05, 0.1) is 10.6 Å². The third kappa shape index (κ3) is 3.21. The second-order valence-corrected chi connectivity index (χ2v) is 6.24. The molecule has 0 saturated carbocycles. The maximum absolute atomic E-state index is 13.5. The van der Waals surface area contributed by atoms with E-state index in [0.29, 0.717) is 4.47 Å². The van der Waals surface area contributed by atoms with Gasteiger partial charge in [-0.1, -0.05) is 15.9 Å². The number of halogens is 2. The molecule has 0 unspecified atom stereocenters. The van der Waals surface area contributed by atoms with Gasteiger partial charge in [-0.05, 0) is 24.3 Å². The third-order valence-corrected chi connectivity index (χ3v) is 4.09. The predicted octanol–water partition coefficient (Wildman–Crippen LogP) is 2.37. The summed E-state index contributed by atoms with van der Waals surface area (Å²) in [7, 11) is -3.91. The molecule has 0 aliphatic carbocycles. The lowest BCUT2D eigenvalue weighted by Crippen LogP contribution is -2.14. The lowest BCUT2D eigenvalue weighted by Gasteiger charge is -2.09. The molecule has 2 aromatic rings. The zero-order valence-electron chi connectivity index (χ0n) is 9.47. The van der Waals surface area contributed by atoms with E-state index in [4.69, 9.17) is 5.73 Å². The van der Waals surface area contributed by atoms with Crippen LogP contribution in [0.1, 0.15) is 0 Å². The van der Waals surface area contributed by atoms with Gasteiger partial charge in [-0.2, -0.15) is 0 Å². The highest BCUT2D eigenvalue weighted by atomic mass is 79.9. The van der Waals surface area contributed by atoms with Crippen LogP contribution in [0.5, 0.6) is 0 Å². The third-order valence-electron chi connectivity index (χ3n) is 2.24. The number of anilines is 2. The summed E-state index contributed by atoms with van der Waals surface area (Å²) in [5, 5.41) is 0. The Hall–Kier alpha value is -1.67. The topological polar surface area (TPSA) is 85.1 Å².